The Kier molecular flexibility index (Phi) is 6.92. The van der Waals surface area contributed by atoms with Crippen molar-refractivity contribution in [3.63, 3.8) is 0 Å². The second-order valence-corrected chi connectivity index (χ2v) is 4.05. The molecule has 1 saturated heterocycles. The maximum atomic E-state index is 5.54. The van der Waals surface area contributed by atoms with E-state index >= 15 is 0 Å². The molecule has 1 atom stereocenters. The molecule has 1 aliphatic heterocycles. The molecular formula is C11H24N2O2. The van der Waals surface area contributed by atoms with Gasteiger partial charge in [-0.2, -0.15) is 0 Å². The van der Waals surface area contributed by atoms with Gasteiger partial charge in [-0.1, -0.05) is 0 Å². The van der Waals surface area contributed by atoms with Crippen LogP contribution in [0, 0.1) is 0 Å². The van der Waals surface area contributed by atoms with Crippen LogP contribution >= 0.6 is 0 Å². The summed E-state index contributed by atoms with van der Waals surface area (Å²) in [4.78, 5) is 2.48. The van der Waals surface area contributed by atoms with Crippen LogP contribution in [0.4, 0.5) is 0 Å². The number of hydrogen-bond donors (Lipinski definition) is 1. The Bertz CT molecular complexity index is 156. The highest BCUT2D eigenvalue weighted by Gasteiger charge is 2.16. The van der Waals surface area contributed by atoms with E-state index in [-0.39, 0.29) is 0 Å². The van der Waals surface area contributed by atoms with Crippen LogP contribution in [0.25, 0.3) is 0 Å². The number of ether oxygens (including phenoxy) is 2. The highest BCUT2D eigenvalue weighted by Crippen LogP contribution is 2.01. The first-order valence-electron chi connectivity index (χ1n) is 5.86. The molecule has 4 nitrogen and oxygen atoms in total. The lowest BCUT2D eigenvalue weighted by Crippen LogP contribution is -2.50. The van der Waals surface area contributed by atoms with Crippen LogP contribution in [0.3, 0.4) is 0 Å². The second kappa shape index (κ2) is 8.05. The maximum absolute atomic E-state index is 5.54. The van der Waals surface area contributed by atoms with Gasteiger partial charge in [-0.3, -0.25) is 4.90 Å². The van der Waals surface area contributed by atoms with Crippen molar-refractivity contribution in [2.45, 2.75) is 19.4 Å². The van der Waals surface area contributed by atoms with Crippen molar-refractivity contribution in [3.8, 4) is 0 Å². The molecule has 1 N–H and O–H groups in total. The van der Waals surface area contributed by atoms with Gasteiger partial charge in [0, 0.05) is 52.5 Å². The number of piperazine rings is 1. The third-order valence-electron chi connectivity index (χ3n) is 2.80. The van der Waals surface area contributed by atoms with E-state index in [1.165, 1.54) is 0 Å². The topological polar surface area (TPSA) is 33.7 Å². The van der Waals surface area contributed by atoms with Crippen LogP contribution in [0.15, 0.2) is 0 Å². The van der Waals surface area contributed by atoms with Crippen molar-refractivity contribution in [2.75, 3.05) is 53.1 Å². The molecule has 15 heavy (non-hydrogen) atoms. The number of rotatable bonds is 7. The Balaban J connectivity index is 1.94. The van der Waals surface area contributed by atoms with Crippen molar-refractivity contribution in [3.05, 3.63) is 0 Å². The van der Waals surface area contributed by atoms with E-state index in [1.54, 1.807) is 7.11 Å². The van der Waals surface area contributed by atoms with Crippen LogP contribution in [0.2, 0.25) is 0 Å². The zero-order chi connectivity index (χ0) is 10.9. The van der Waals surface area contributed by atoms with Gasteiger partial charge in [0.15, 0.2) is 0 Å². The standard InChI is InChI=1S/C11H24N2O2/c1-11-10-12-4-5-13(11)6-9-15-8-3-7-14-2/h11-12H,3-10H2,1-2H3. The first-order chi connectivity index (χ1) is 7.34. The molecule has 1 fully saturated rings. The minimum Gasteiger partial charge on any atom is -0.385 e. The lowest BCUT2D eigenvalue weighted by molar-refractivity contribution is 0.0682. The van der Waals surface area contributed by atoms with E-state index < -0.39 is 0 Å². The monoisotopic (exact) mass is 216 g/mol. The summed E-state index contributed by atoms with van der Waals surface area (Å²) in [5.41, 5.74) is 0. The molecule has 4 heteroatoms. The van der Waals surface area contributed by atoms with Crippen LogP contribution in [-0.4, -0.2) is 64.1 Å². The Labute approximate surface area is 92.9 Å². The predicted molar refractivity (Wildman–Crippen MR) is 61.2 cm³/mol. The third kappa shape index (κ3) is 5.47. The molecule has 1 aliphatic rings. The fourth-order valence-electron chi connectivity index (χ4n) is 1.80. The highest BCUT2D eigenvalue weighted by atomic mass is 16.5. The Morgan fingerprint density at radius 2 is 2.20 bits per heavy atom. The minimum atomic E-state index is 0.640. The Hall–Kier alpha value is -0.160. The Morgan fingerprint density at radius 1 is 1.33 bits per heavy atom. The largest absolute Gasteiger partial charge is 0.385 e. The van der Waals surface area contributed by atoms with Crippen molar-refractivity contribution in [1.29, 1.82) is 0 Å². The van der Waals surface area contributed by atoms with Crippen LogP contribution in [0.1, 0.15) is 13.3 Å². The lowest BCUT2D eigenvalue weighted by Gasteiger charge is -2.33. The average Bonchev–Trinajstić information content (AvgIpc) is 2.25. The minimum absolute atomic E-state index is 0.640. The summed E-state index contributed by atoms with van der Waals surface area (Å²) < 4.78 is 10.5. The molecule has 1 rings (SSSR count). The quantitative estimate of drug-likeness (QED) is 0.622. The fourth-order valence-corrected chi connectivity index (χ4v) is 1.80. The maximum Gasteiger partial charge on any atom is 0.0593 e. The smallest absolute Gasteiger partial charge is 0.0593 e. The fraction of sp³-hybridized carbons (Fsp3) is 1.00. The van der Waals surface area contributed by atoms with Crippen molar-refractivity contribution in [2.24, 2.45) is 0 Å². The molecule has 90 valence electrons. The van der Waals surface area contributed by atoms with E-state index in [2.05, 4.69) is 17.1 Å². The molecule has 0 radical (unpaired) electrons. The van der Waals surface area contributed by atoms with Crippen LogP contribution < -0.4 is 5.32 Å². The first-order valence-corrected chi connectivity index (χ1v) is 5.86. The van der Waals surface area contributed by atoms with Gasteiger partial charge in [0.05, 0.1) is 6.61 Å². The SMILES string of the molecule is COCCCOCCN1CCNCC1C. The number of hydrogen-bond acceptors (Lipinski definition) is 4. The lowest BCUT2D eigenvalue weighted by atomic mass is 10.2. The molecule has 0 aromatic carbocycles. The van der Waals surface area contributed by atoms with Gasteiger partial charge in [0.2, 0.25) is 0 Å². The second-order valence-electron chi connectivity index (χ2n) is 4.05. The van der Waals surface area contributed by atoms with Gasteiger partial charge >= 0.3 is 0 Å². The molecule has 0 aliphatic carbocycles. The summed E-state index contributed by atoms with van der Waals surface area (Å²) >= 11 is 0. The van der Waals surface area contributed by atoms with Crippen molar-refractivity contribution >= 4 is 0 Å². The van der Waals surface area contributed by atoms with Gasteiger partial charge in [-0.15, -0.1) is 0 Å². The molecule has 0 bridgehead atoms. The zero-order valence-electron chi connectivity index (χ0n) is 10.00. The van der Waals surface area contributed by atoms with E-state index in [1.807, 2.05) is 0 Å². The molecule has 0 amide bonds. The molecule has 1 unspecified atom stereocenters. The molecule has 0 aromatic heterocycles. The summed E-state index contributed by atoms with van der Waals surface area (Å²) in [6.45, 7) is 9.11. The zero-order valence-corrected chi connectivity index (χ0v) is 10.00. The molecule has 0 saturated carbocycles. The summed E-state index contributed by atoms with van der Waals surface area (Å²) in [5.74, 6) is 0. The van der Waals surface area contributed by atoms with Gasteiger partial charge < -0.3 is 14.8 Å². The van der Waals surface area contributed by atoms with Crippen molar-refractivity contribution < 1.29 is 9.47 Å². The number of nitrogens with one attached hydrogen (secondary N) is 1. The molecule has 0 aromatic rings. The van der Waals surface area contributed by atoms with E-state index in [0.29, 0.717) is 6.04 Å². The highest BCUT2D eigenvalue weighted by molar-refractivity contribution is 4.75. The van der Waals surface area contributed by atoms with Crippen LogP contribution in [-0.2, 0) is 9.47 Å². The predicted octanol–water partition coefficient (Wildman–Crippen LogP) is 0.333. The van der Waals surface area contributed by atoms with E-state index in [9.17, 15) is 0 Å². The van der Waals surface area contributed by atoms with Gasteiger partial charge in [0.1, 0.15) is 0 Å². The summed E-state index contributed by atoms with van der Waals surface area (Å²) in [6.07, 6.45) is 0.994. The van der Waals surface area contributed by atoms with E-state index in [0.717, 1.165) is 52.4 Å². The average molecular weight is 216 g/mol. The molecule has 1 heterocycles. The number of nitrogens with zero attached hydrogens (tertiary/aromatic N) is 1. The van der Waals surface area contributed by atoms with Gasteiger partial charge in [-0.05, 0) is 13.3 Å². The molecule has 0 spiro atoms. The summed E-state index contributed by atoms with van der Waals surface area (Å²) in [7, 11) is 1.72. The van der Waals surface area contributed by atoms with Crippen LogP contribution in [0.5, 0.6) is 0 Å². The van der Waals surface area contributed by atoms with Crippen molar-refractivity contribution in [1.82, 2.24) is 10.2 Å². The molecular weight excluding hydrogens is 192 g/mol. The normalized spacial score (nSPS) is 23.2. The summed E-state index contributed by atoms with van der Waals surface area (Å²) in [6, 6.07) is 0.640. The van der Waals surface area contributed by atoms with E-state index in [4.69, 9.17) is 9.47 Å². The first kappa shape index (κ1) is 12.9. The van der Waals surface area contributed by atoms with Gasteiger partial charge in [-0.25, -0.2) is 0 Å². The van der Waals surface area contributed by atoms with Gasteiger partial charge in [0.25, 0.3) is 0 Å². The number of methoxy groups -OCH3 is 1. The summed E-state index contributed by atoms with van der Waals surface area (Å²) in [5, 5.41) is 3.38. The Morgan fingerprint density at radius 3 is 2.93 bits per heavy atom. The third-order valence-corrected chi connectivity index (χ3v) is 2.80.